The summed E-state index contributed by atoms with van der Waals surface area (Å²) in [5.74, 6) is -1.90. The molecule has 2 amide bonds. The highest BCUT2D eigenvalue weighted by atomic mass is 19.2. The van der Waals surface area contributed by atoms with Crippen LogP contribution >= 0.6 is 0 Å². The Bertz CT molecular complexity index is 549. The molecule has 24 heavy (non-hydrogen) atoms. The van der Waals surface area contributed by atoms with Gasteiger partial charge in [-0.3, -0.25) is 0 Å². The second-order valence-electron chi connectivity index (χ2n) is 6.13. The molecule has 0 aromatic heterocycles. The lowest BCUT2D eigenvalue weighted by Gasteiger charge is -2.37. The molecule has 1 heterocycles. The van der Waals surface area contributed by atoms with Crippen molar-refractivity contribution in [3.8, 4) is 0 Å². The average molecular weight is 341 g/mol. The number of rotatable bonds is 6. The van der Waals surface area contributed by atoms with E-state index < -0.39 is 11.6 Å². The number of likely N-dealkylation sites (tertiary alicyclic amines) is 1. The summed E-state index contributed by atoms with van der Waals surface area (Å²) in [5.41, 5.74) is 0.253. The fourth-order valence-electron chi connectivity index (χ4n) is 2.90. The number of hydrogen-bond donors (Lipinski definition) is 1. The van der Waals surface area contributed by atoms with Crippen LogP contribution < -0.4 is 5.32 Å². The highest BCUT2D eigenvalue weighted by molar-refractivity contribution is 5.89. The van der Waals surface area contributed by atoms with E-state index in [9.17, 15) is 13.6 Å². The molecule has 5 nitrogen and oxygen atoms in total. The first-order valence-corrected chi connectivity index (χ1v) is 8.21. The van der Waals surface area contributed by atoms with E-state index >= 15 is 0 Å². The minimum absolute atomic E-state index is 0.142. The van der Waals surface area contributed by atoms with E-state index in [2.05, 4.69) is 17.3 Å². The Morgan fingerprint density at radius 1 is 1.33 bits per heavy atom. The van der Waals surface area contributed by atoms with Crippen molar-refractivity contribution in [3.63, 3.8) is 0 Å². The first kappa shape index (κ1) is 18.6. The molecule has 2 rings (SSSR count). The van der Waals surface area contributed by atoms with E-state index in [1.54, 1.807) is 12.0 Å². The molecule has 0 unspecified atom stereocenters. The van der Waals surface area contributed by atoms with Gasteiger partial charge in [-0.15, -0.1) is 0 Å². The van der Waals surface area contributed by atoms with Crippen LogP contribution in [0.25, 0.3) is 0 Å². The molecule has 0 aliphatic carbocycles. The van der Waals surface area contributed by atoms with Crippen molar-refractivity contribution in [2.24, 2.45) is 0 Å². The molecule has 1 N–H and O–H groups in total. The van der Waals surface area contributed by atoms with Crippen molar-refractivity contribution in [3.05, 3.63) is 29.8 Å². The van der Waals surface area contributed by atoms with Crippen LogP contribution in [0.5, 0.6) is 0 Å². The Morgan fingerprint density at radius 2 is 2.04 bits per heavy atom. The summed E-state index contributed by atoms with van der Waals surface area (Å²) in [6.07, 6.45) is 2.53. The maximum atomic E-state index is 13.3. The van der Waals surface area contributed by atoms with Gasteiger partial charge < -0.3 is 19.9 Å². The number of ether oxygens (including phenoxy) is 1. The Hall–Kier alpha value is -1.73. The number of nitrogens with one attached hydrogen (secondary N) is 1. The van der Waals surface area contributed by atoms with Gasteiger partial charge in [0.15, 0.2) is 11.6 Å². The first-order valence-electron chi connectivity index (χ1n) is 8.21. The first-order chi connectivity index (χ1) is 11.5. The highest BCUT2D eigenvalue weighted by Gasteiger charge is 2.26. The number of urea groups is 1. The molecule has 0 radical (unpaired) electrons. The molecule has 1 aliphatic rings. The zero-order chi connectivity index (χ0) is 17.5. The summed E-state index contributed by atoms with van der Waals surface area (Å²) in [6, 6.07) is 3.22. The van der Waals surface area contributed by atoms with Crippen LogP contribution in [0.15, 0.2) is 18.2 Å². The predicted octanol–water partition coefficient (Wildman–Crippen LogP) is 2.93. The summed E-state index contributed by atoms with van der Waals surface area (Å²) in [4.78, 5) is 16.6. The van der Waals surface area contributed by atoms with Gasteiger partial charge in [0.2, 0.25) is 0 Å². The molecule has 1 saturated heterocycles. The molecular formula is C17H25F2N3O2. The number of benzene rings is 1. The van der Waals surface area contributed by atoms with Gasteiger partial charge in [-0.25, -0.2) is 13.6 Å². The maximum absolute atomic E-state index is 13.3. The third-order valence-electron chi connectivity index (χ3n) is 4.31. The Labute approximate surface area is 141 Å². The Morgan fingerprint density at radius 3 is 2.67 bits per heavy atom. The van der Waals surface area contributed by atoms with Crippen LogP contribution in [-0.2, 0) is 4.74 Å². The fraction of sp³-hybridized carbons (Fsp3) is 0.588. The predicted molar refractivity (Wildman–Crippen MR) is 89.1 cm³/mol. The number of carbonyl (C=O) groups is 1. The van der Waals surface area contributed by atoms with Crippen LogP contribution in [0.4, 0.5) is 19.3 Å². The average Bonchev–Trinajstić information content (AvgIpc) is 2.56. The van der Waals surface area contributed by atoms with Crippen molar-refractivity contribution in [1.82, 2.24) is 9.80 Å². The van der Waals surface area contributed by atoms with E-state index in [1.165, 1.54) is 6.07 Å². The second kappa shape index (κ2) is 8.94. The van der Waals surface area contributed by atoms with Crippen molar-refractivity contribution in [2.75, 3.05) is 45.7 Å². The van der Waals surface area contributed by atoms with Gasteiger partial charge in [0.05, 0.1) is 0 Å². The minimum Gasteiger partial charge on any atom is -0.385 e. The number of methoxy groups -OCH3 is 1. The third-order valence-corrected chi connectivity index (χ3v) is 4.31. The zero-order valence-corrected chi connectivity index (χ0v) is 14.2. The molecular weight excluding hydrogens is 316 g/mol. The Kier molecular flexibility index (Phi) is 6.93. The van der Waals surface area contributed by atoms with E-state index in [1.807, 2.05) is 0 Å². The van der Waals surface area contributed by atoms with Crippen molar-refractivity contribution in [2.45, 2.75) is 25.3 Å². The number of piperidine rings is 1. The lowest BCUT2D eigenvalue weighted by Crippen LogP contribution is -2.48. The number of hydrogen-bond acceptors (Lipinski definition) is 3. The molecule has 1 fully saturated rings. The lowest BCUT2D eigenvalue weighted by atomic mass is 10.0. The van der Waals surface area contributed by atoms with Crippen LogP contribution in [0.1, 0.15) is 19.3 Å². The minimum atomic E-state index is -0.974. The smallest absolute Gasteiger partial charge is 0.322 e. The molecule has 0 saturated carbocycles. The molecule has 7 heteroatoms. The van der Waals surface area contributed by atoms with Gasteiger partial charge in [-0.05, 0) is 51.5 Å². The molecule has 0 bridgehead atoms. The van der Waals surface area contributed by atoms with Crippen molar-refractivity contribution >= 4 is 11.7 Å². The van der Waals surface area contributed by atoms with Crippen LogP contribution in [0, 0.1) is 11.6 Å². The van der Waals surface area contributed by atoms with Crippen molar-refractivity contribution < 1.29 is 18.3 Å². The highest BCUT2D eigenvalue weighted by Crippen LogP contribution is 2.19. The van der Waals surface area contributed by atoms with E-state index in [-0.39, 0.29) is 17.8 Å². The number of halogens is 2. The monoisotopic (exact) mass is 341 g/mol. The second-order valence-corrected chi connectivity index (χ2v) is 6.13. The largest absolute Gasteiger partial charge is 0.385 e. The van der Waals surface area contributed by atoms with Crippen LogP contribution in [0.2, 0.25) is 0 Å². The fourth-order valence-corrected chi connectivity index (χ4v) is 2.90. The number of amides is 2. The molecule has 1 aliphatic heterocycles. The van der Waals surface area contributed by atoms with E-state index in [0.29, 0.717) is 13.2 Å². The van der Waals surface area contributed by atoms with E-state index in [4.69, 9.17) is 4.74 Å². The summed E-state index contributed by atoms with van der Waals surface area (Å²) in [6.45, 7) is 3.01. The molecule has 1 aromatic rings. The maximum Gasteiger partial charge on any atom is 0.322 e. The summed E-state index contributed by atoms with van der Waals surface area (Å²) < 4.78 is 31.4. The van der Waals surface area contributed by atoms with Gasteiger partial charge in [0.1, 0.15) is 0 Å². The number of anilines is 1. The Balaban J connectivity index is 2.03. The molecule has 0 atom stereocenters. The molecule has 1 aromatic carbocycles. The summed E-state index contributed by atoms with van der Waals surface area (Å²) in [7, 11) is 3.69. The van der Waals surface area contributed by atoms with Crippen LogP contribution in [0.3, 0.4) is 0 Å². The quantitative estimate of drug-likeness (QED) is 0.809. The topological polar surface area (TPSA) is 44.8 Å². The van der Waals surface area contributed by atoms with Crippen LogP contribution in [-0.4, -0.2) is 62.3 Å². The van der Waals surface area contributed by atoms with Gasteiger partial charge in [-0.1, -0.05) is 0 Å². The summed E-state index contributed by atoms with van der Waals surface area (Å²) >= 11 is 0. The van der Waals surface area contributed by atoms with Crippen molar-refractivity contribution in [1.29, 1.82) is 0 Å². The normalized spacial score (nSPS) is 16.2. The standard InChI is InChI=1S/C17H25F2N3O2/c1-21-9-6-14(7-10-21)22(8-3-11-24-2)17(23)20-13-4-5-15(18)16(19)12-13/h4-5,12,14H,3,6-11H2,1-2H3,(H,20,23). The number of nitrogens with zero attached hydrogens (tertiary/aromatic N) is 2. The third kappa shape index (κ3) is 5.14. The van der Waals surface area contributed by atoms with E-state index in [0.717, 1.165) is 44.5 Å². The van der Waals surface area contributed by atoms with Gasteiger partial charge in [0, 0.05) is 38.1 Å². The van der Waals surface area contributed by atoms with Gasteiger partial charge in [-0.2, -0.15) is 0 Å². The summed E-state index contributed by atoms with van der Waals surface area (Å²) in [5, 5.41) is 2.67. The zero-order valence-electron chi connectivity index (χ0n) is 14.2. The van der Waals surface area contributed by atoms with Gasteiger partial charge in [0.25, 0.3) is 0 Å². The molecule has 134 valence electrons. The van der Waals surface area contributed by atoms with Gasteiger partial charge >= 0.3 is 6.03 Å². The number of carbonyl (C=O) groups excluding carboxylic acids is 1. The lowest BCUT2D eigenvalue weighted by molar-refractivity contribution is 0.125. The molecule has 0 spiro atoms. The SMILES string of the molecule is COCCCN(C(=O)Nc1ccc(F)c(F)c1)C1CCN(C)CC1.